The predicted molar refractivity (Wildman–Crippen MR) is 94.9 cm³/mol. The van der Waals surface area contributed by atoms with Crippen LogP contribution in [0.1, 0.15) is 36.2 Å². The van der Waals surface area contributed by atoms with Crippen molar-refractivity contribution in [1.29, 1.82) is 0 Å². The molecule has 23 heavy (non-hydrogen) atoms. The van der Waals surface area contributed by atoms with Crippen LogP contribution >= 0.6 is 11.3 Å². The SMILES string of the molecule is CC(C)CNC(=O)c1ccccc1NC(=O)CCc1ccsc1. The van der Waals surface area contributed by atoms with Gasteiger partial charge in [-0.05, 0) is 46.9 Å². The largest absolute Gasteiger partial charge is 0.352 e. The Kier molecular flexibility index (Phi) is 6.35. The number of carbonyl (C=O) groups excluding carboxylic acids is 2. The molecular formula is C18H22N2O2S. The first-order chi connectivity index (χ1) is 11.1. The van der Waals surface area contributed by atoms with Crippen LogP contribution in [0.4, 0.5) is 5.69 Å². The molecule has 2 amide bonds. The summed E-state index contributed by atoms with van der Waals surface area (Å²) in [6, 6.07) is 9.11. The average molecular weight is 330 g/mol. The summed E-state index contributed by atoms with van der Waals surface area (Å²) in [7, 11) is 0. The van der Waals surface area contributed by atoms with E-state index in [0.717, 1.165) is 5.56 Å². The van der Waals surface area contributed by atoms with Crippen LogP contribution in [0.15, 0.2) is 41.1 Å². The van der Waals surface area contributed by atoms with Crippen molar-refractivity contribution >= 4 is 28.8 Å². The van der Waals surface area contributed by atoms with Gasteiger partial charge in [0, 0.05) is 13.0 Å². The Bertz CT molecular complexity index is 651. The van der Waals surface area contributed by atoms with Gasteiger partial charge in [-0.3, -0.25) is 9.59 Å². The van der Waals surface area contributed by atoms with E-state index >= 15 is 0 Å². The van der Waals surface area contributed by atoms with Crippen LogP contribution in [-0.4, -0.2) is 18.4 Å². The monoisotopic (exact) mass is 330 g/mol. The molecule has 0 aliphatic carbocycles. The smallest absolute Gasteiger partial charge is 0.253 e. The van der Waals surface area contributed by atoms with E-state index in [1.807, 2.05) is 36.7 Å². The Labute approximate surface area is 140 Å². The Morgan fingerprint density at radius 3 is 2.65 bits per heavy atom. The van der Waals surface area contributed by atoms with E-state index in [1.165, 1.54) is 0 Å². The van der Waals surface area contributed by atoms with E-state index in [2.05, 4.69) is 10.6 Å². The quantitative estimate of drug-likeness (QED) is 0.813. The fourth-order valence-corrected chi connectivity index (χ4v) is 2.79. The van der Waals surface area contributed by atoms with Gasteiger partial charge in [0.25, 0.3) is 5.91 Å². The molecule has 122 valence electrons. The Morgan fingerprint density at radius 2 is 1.96 bits per heavy atom. The first-order valence-corrected chi connectivity index (χ1v) is 8.68. The van der Waals surface area contributed by atoms with Crippen molar-refractivity contribution in [1.82, 2.24) is 5.32 Å². The van der Waals surface area contributed by atoms with Gasteiger partial charge in [0.2, 0.25) is 5.91 Å². The molecule has 0 saturated carbocycles. The molecule has 4 nitrogen and oxygen atoms in total. The van der Waals surface area contributed by atoms with E-state index in [9.17, 15) is 9.59 Å². The van der Waals surface area contributed by atoms with Crippen molar-refractivity contribution in [3.63, 3.8) is 0 Å². The van der Waals surface area contributed by atoms with Crippen LogP contribution in [0.5, 0.6) is 0 Å². The topological polar surface area (TPSA) is 58.2 Å². The summed E-state index contributed by atoms with van der Waals surface area (Å²) in [4.78, 5) is 24.3. The third-order valence-corrected chi connectivity index (χ3v) is 4.07. The molecule has 2 N–H and O–H groups in total. The second-order valence-corrected chi connectivity index (χ2v) is 6.61. The Balaban J connectivity index is 1.96. The summed E-state index contributed by atoms with van der Waals surface area (Å²) < 4.78 is 0. The third-order valence-electron chi connectivity index (χ3n) is 3.34. The molecule has 5 heteroatoms. The first kappa shape index (κ1) is 17.2. The maximum atomic E-state index is 12.2. The molecule has 0 aliphatic rings. The number of hydrogen-bond acceptors (Lipinski definition) is 3. The van der Waals surface area contributed by atoms with E-state index < -0.39 is 0 Å². The third kappa shape index (κ3) is 5.53. The van der Waals surface area contributed by atoms with E-state index in [0.29, 0.717) is 36.6 Å². The molecule has 0 fully saturated rings. The summed E-state index contributed by atoms with van der Waals surface area (Å²) in [5, 5.41) is 9.77. The minimum atomic E-state index is -0.160. The lowest BCUT2D eigenvalue weighted by Gasteiger charge is -2.12. The Morgan fingerprint density at radius 1 is 1.17 bits per heavy atom. The number of amides is 2. The normalized spacial score (nSPS) is 10.6. The predicted octanol–water partition coefficient (Wildman–Crippen LogP) is 3.71. The summed E-state index contributed by atoms with van der Waals surface area (Å²) in [6.45, 7) is 4.69. The van der Waals surface area contributed by atoms with Crippen LogP contribution in [0.25, 0.3) is 0 Å². The number of anilines is 1. The summed E-state index contributed by atoms with van der Waals surface area (Å²) >= 11 is 1.62. The van der Waals surface area contributed by atoms with Crippen molar-refractivity contribution < 1.29 is 9.59 Å². The molecule has 0 radical (unpaired) electrons. The van der Waals surface area contributed by atoms with Crippen LogP contribution < -0.4 is 10.6 Å². The molecule has 0 saturated heterocycles. The molecule has 0 unspecified atom stereocenters. The van der Waals surface area contributed by atoms with Gasteiger partial charge in [-0.15, -0.1) is 0 Å². The van der Waals surface area contributed by atoms with E-state index in [4.69, 9.17) is 0 Å². The van der Waals surface area contributed by atoms with E-state index in [1.54, 1.807) is 29.5 Å². The fraction of sp³-hybridized carbons (Fsp3) is 0.333. The zero-order valence-corrected chi connectivity index (χ0v) is 14.3. The standard InChI is InChI=1S/C18H22N2O2S/c1-13(2)11-19-18(22)15-5-3-4-6-16(15)20-17(21)8-7-14-9-10-23-12-14/h3-6,9-10,12-13H,7-8,11H2,1-2H3,(H,19,22)(H,20,21). The minimum Gasteiger partial charge on any atom is -0.352 e. The highest BCUT2D eigenvalue weighted by molar-refractivity contribution is 7.07. The van der Waals surface area contributed by atoms with Gasteiger partial charge >= 0.3 is 0 Å². The van der Waals surface area contributed by atoms with Crippen molar-refractivity contribution in [2.45, 2.75) is 26.7 Å². The maximum Gasteiger partial charge on any atom is 0.253 e. The van der Waals surface area contributed by atoms with Crippen molar-refractivity contribution in [2.75, 3.05) is 11.9 Å². The number of para-hydroxylation sites is 1. The lowest BCUT2D eigenvalue weighted by Crippen LogP contribution is -2.28. The van der Waals surface area contributed by atoms with Gasteiger partial charge < -0.3 is 10.6 Å². The zero-order valence-electron chi connectivity index (χ0n) is 13.5. The van der Waals surface area contributed by atoms with Crippen molar-refractivity contribution in [3.05, 3.63) is 52.2 Å². The second kappa shape index (κ2) is 8.48. The molecule has 1 heterocycles. The lowest BCUT2D eigenvalue weighted by atomic mass is 10.1. The van der Waals surface area contributed by atoms with Crippen LogP contribution in [-0.2, 0) is 11.2 Å². The molecule has 0 bridgehead atoms. The van der Waals surface area contributed by atoms with Gasteiger partial charge in [-0.2, -0.15) is 11.3 Å². The highest BCUT2D eigenvalue weighted by atomic mass is 32.1. The first-order valence-electron chi connectivity index (χ1n) is 7.74. The van der Waals surface area contributed by atoms with Crippen molar-refractivity contribution in [2.24, 2.45) is 5.92 Å². The van der Waals surface area contributed by atoms with Crippen molar-refractivity contribution in [3.8, 4) is 0 Å². The molecule has 0 atom stereocenters. The number of benzene rings is 1. The fourth-order valence-electron chi connectivity index (χ4n) is 2.09. The average Bonchev–Trinajstić information content (AvgIpc) is 3.04. The molecule has 1 aromatic heterocycles. The van der Waals surface area contributed by atoms with Gasteiger partial charge in [0.1, 0.15) is 0 Å². The maximum absolute atomic E-state index is 12.2. The molecule has 0 spiro atoms. The molecule has 2 aromatic rings. The minimum absolute atomic E-state index is 0.0830. The zero-order chi connectivity index (χ0) is 16.7. The summed E-state index contributed by atoms with van der Waals surface area (Å²) in [6.07, 6.45) is 1.11. The molecule has 0 aliphatic heterocycles. The number of thiophene rings is 1. The van der Waals surface area contributed by atoms with Crippen LogP contribution in [0, 0.1) is 5.92 Å². The summed E-state index contributed by atoms with van der Waals surface area (Å²) in [5.41, 5.74) is 2.22. The van der Waals surface area contributed by atoms with Crippen LogP contribution in [0.3, 0.4) is 0 Å². The molecule has 2 rings (SSSR count). The van der Waals surface area contributed by atoms with Crippen LogP contribution in [0.2, 0.25) is 0 Å². The van der Waals surface area contributed by atoms with Gasteiger partial charge in [-0.25, -0.2) is 0 Å². The number of nitrogens with one attached hydrogen (secondary N) is 2. The highest BCUT2D eigenvalue weighted by Crippen LogP contribution is 2.16. The Hall–Kier alpha value is -2.14. The van der Waals surface area contributed by atoms with Gasteiger partial charge in [0.05, 0.1) is 11.3 Å². The second-order valence-electron chi connectivity index (χ2n) is 5.83. The highest BCUT2D eigenvalue weighted by Gasteiger charge is 2.13. The summed E-state index contributed by atoms with van der Waals surface area (Å²) in [5.74, 6) is 0.138. The number of carbonyl (C=O) groups is 2. The van der Waals surface area contributed by atoms with Gasteiger partial charge in [0.15, 0.2) is 0 Å². The number of aryl methyl sites for hydroxylation is 1. The number of hydrogen-bond donors (Lipinski definition) is 2. The van der Waals surface area contributed by atoms with E-state index in [-0.39, 0.29) is 11.8 Å². The van der Waals surface area contributed by atoms with Gasteiger partial charge in [-0.1, -0.05) is 26.0 Å². The number of rotatable bonds is 7. The molecule has 1 aromatic carbocycles. The lowest BCUT2D eigenvalue weighted by molar-refractivity contribution is -0.116. The molecular weight excluding hydrogens is 308 g/mol.